The molecule has 0 bridgehead atoms. The van der Waals surface area contributed by atoms with Crippen molar-refractivity contribution in [2.75, 3.05) is 20.3 Å². The second-order valence-corrected chi connectivity index (χ2v) is 4.98. The number of carbonyl (C=O) groups is 1. The van der Waals surface area contributed by atoms with Crippen LogP contribution in [0.5, 0.6) is 0 Å². The molecule has 1 N–H and O–H groups in total. The van der Waals surface area contributed by atoms with E-state index in [4.69, 9.17) is 16.3 Å². The van der Waals surface area contributed by atoms with Crippen LogP contribution in [0.3, 0.4) is 0 Å². The second kappa shape index (κ2) is 7.01. The van der Waals surface area contributed by atoms with Gasteiger partial charge in [-0.2, -0.15) is 18.3 Å². The van der Waals surface area contributed by atoms with E-state index >= 15 is 0 Å². The topological polar surface area (TPSA) is 56.1 Å². The van der Waals surface area contributed by atoms with Gasteiger partial charge in [0.25, 0.3) is 5.91 Å². The Morgan fingerprint density at radius 2 is 2.17 bits per heavy atom. The number of rotatable bonds is 5. The summed E-state index contributed by atoms with van der Waals surface area (Å²) in [4.78, 5) is 12.0. The van der Waals surface area contributed by atoms with Crippen LogP contribution >= 0.6 is 11.6 Å². The zero-order valence-electron chi connectivity index (χ0n) is 12.0. The van der Waals surface area contributed by atoms with Crippen LogP contribution in [0.2, 0.25) is 5.02 Å². The highest BCUT2D eigenvalue weighted by atomic mass is 35.5. The summed E-state index contributed by atoms with van der Waals surface area (Å²) in [7, 11) is 1.42. The lowest BCUT2D eigenvalue weighted by molar-refractivity contribution is -0.143. The summed E-state index contributed by atoms with van der Waals surface area (Å²) >= 11 is 5.80. The van der Waals surface area contributed by atoms with E-state index in [1.54, 1.807) is 0 Å². The molecule has 1 aromatic heterocycles. The number of methoxy groups -OCH3 is 1. The summed E-state index contributed by atoms with van der Waals surface area (Å²) in [5.74, 6) is -0.873. The number of ether oxygens (including phenoxy) is 1. The molecule has 0 aliphatic carbocycles. The molecule has 0 saturated heterocycles. The number of nitrogens with one attached hydrogen (secondary N) is 1. The van der Waals surface area contributed by atoms with Gasteiger partial charge >= 0.3 is 6.18 Å². The molecule has 2 rings (SSSR count). The van der Waals surface area contributed by atoms with E-state index in [-0.39, 0.29) is 23.9 Å². The van der Waals surface area contributed by atoms with Crippen molar-refractivity contribution >= 4 is 17.5 Å². The summed E-state index contributed by atoms with van der Waals surface area (Å²) < 4.78 is 45.5. The van der Waals surface area contributed by atoms with E-state index in [1.165, 1.54) is 31.4 Å². The molecular formula is C14H13ClF3N3O2. The van der Waals surface area contributed by atoms with Gasteiger partial charge in [0.05, 0.1) is 24.1 Å². The summed E-state index contributed by atoms with van der Waals surface area (Å²) in [6, 6.07) is 5.77. The zero-order valence-corrected chi connectivity index (χ0v) is 12.8. The van der Waals surface area contributed by atoms with Crippen LogP contribution in [-0.4, -0.2) is 35.9 Å². The Morgan fingerprint density at radius 1 is 1.43 bits per heavy atom. The number of amides is 1. The molecule has 23 heavy (non-hydrogen) atoms. The number of hydrogen-bond acceptors (Lipinski definition) is 3. The highest BCUT2D eigenvalue weighted by Gasteiger charge is 2.40. The Bertz CT molecular complexity index is 701. The fourth-order valence-electron chi connectivity index (χ4n) is 1.95. The molecule has 0 spiro atoms. The fourth-order valence-corrected chi connectivity index (χ4v) is 2.14. The van der Waals surface area contributed by atoms with Crippen LogP contribution in [0.15, 0.2) is 30.5 Å². The monoisotopic (exact) mass is 347 g/mol. The van der Waals surface area contributed by atoms with Gasteiger partial charge in [-0.1, -0.05) is 17.7 Å². The first-order valence-electron chi connectivity index (χ1n) is 6.53. The van der Waals surface area contributed by atoms with Crippen LogP contribution < -0.4 is 5.32 Å². The quantitative estimate of drug-likeness (QED) is 0.846. The van der Waals surface area contributed by atoms with Crippen molar-refractivity contribution in [3.8, 4) is 5.69 Å². The van der Waals surface area contributed by atoms with E-state index in [0.717, 1.165) is 6.20 Å². The minimum atomic E-state index is -4.76. The van der Waals surface area contributed by atoms with Crippen LogP contribution in [0.25, 0.3) is 5.69 Å². The number of nitrogens with zero attached hydrogens (tertiary/aromatic N) is 2. The zero-order chi connectivity index (χ0) is 17.0. The van der Waals surface area contributed by atoms with Crippen molar-refractivity contribution < 1.29 is 22.7 Å². The van der Waals surface area contributed by atoms with E-state index in [2.05, 4.69) is 10.4 Å². The van der Waals surface area contributed by atoms with Crippen LogP contribution in [-0.2, 0) is 10.9 Å². The molecule has 9 heteroatoms. The molecule has 1 aromatic carbocycles. The Balaban J connectivity index is 2.44. The van der Waals surface area contributed by atoms with Crippen molar-refractivity contribution in [3.63, 3.8) is 0 Å². The van der Waals surface area contributed by atoms with Crippen LogP contribution in [0.4, 0.5) is 13.2 Å². The highest BCUT2D eigenvalue weighted by Crippen LogP contribution is 2.34. The minimum Gasteiger partial charge on any atom is -0.383 e. The first kappa shape index (κ1) is 17.3. The molecule has 0 saturated carbocycles. The number of hydrogen-bond donors (Lipinski definition) is 1. The van der Waals surface area contributed by atoms with Gasteiger partial charge in [-0.25, -0.2) is 4.68 Å². The predicted octanol–water partition coefficient (Wildman–Crippen LogP) is 2.92. The lowest BCUT2D eigenvalue weighted by atomic mass is 10.2. The molecule has 0 atom stereocenters. The third-order valence-corrected chi connectivity index (χ3v) is 3.16. The van der Waals surface area contributed by atoms with Gasteiger partial charge in [-0.05, 0) is 18.2 Å². The lowest BCUT2D eigenvalue weighted by Crippen LogP contribution is -2.29. The Labute approximate surface area is 135 Å². The average Bonchev–Trinajstić information content (AvgIpc) is 2.92. The second-order valence-electron chi connectivity index (χ2n) is 4.54. The first-order valence-corrected chi connectivity index (χ1v) is 6.90. The van der Waals surface area contributed by atoms with Crippen LogP contribution in [0.1, 0.15) is 16.1 Å². The summed E-state index contributed by atoms with van der Waals surface area (Å²) in [6.45, 7) is 0.282. The number of alkyl halides is 3. The summed E-state index contributed by atoms with van der Waals surface area (Å²) in [5.41, 5.74) is -1.61. The van der Waals surface area contributed by atoms with E-state index in [9.17, 15) is 18.0 Å². The standard InChI is InChI=1S/C14H13ClF3N3O2/c1-23-6-5-19-13(22)11-8-20-21(12(11)14(16,17)18)10-4-2-3-9(15)7-10/h2-4,7-8H,5-6H2,1H3,(H,19,22). The number of halogens is 4. The molecule has 0 aliphatic heterocycles. The highest BCUT2D eigenvalue weighted by molar-refractivity contribution is 6.30. The molecule has 5 nitrogen and oxygen atoms in total. The van der Waals surface area contributed by atoms with Gasteiger partial charge < -0.3 is 10.1 Å². The third kappa shape index (κ3) is 4.02. The maximum atomic E-state index is 13.4. The van der Waals surface area contributed by atoms with Gasteiger partial charge in [0.2, 0.25) is 0 Å². The summed E-state index contributed by atoms with van der Waals surface area (Å²) in [6.07, 6.45) is -3.88. The van der Waals surface area contributed by atoms with Gasteiger partial charge in [0.15, 0.2) is 5.69 Å². The molecule has 0 unspecified atom stereocenters. The van der Waals surface area contributed by atoms with E-state index < -0.39 is 23.3 Å². The number of carbonyl (C=O) groups excluding carboxylic acids is 1. The first-order chi connectivity index (χ1) is 10.8. The number of aromatic nitrogens is 2. The average molecular weight is 348 g/mol. The molecule has 2 aromatic rings. The number of benzene rings is 1. The van der Waals surface area contributed by atoms with Crippen molar-refractivity contribution in [2.24, 2.45) is 0 Å². The van der Waals surface area contributed by atoms with E-state index in [1.807, 2.05) is 0 Å². The lowest BCUT2D eigenvalue weighted by Gasteiger charge is -2.13. The molecule has 0 radical (unpaired) electrons. The van der Waals surface area contributed by atoms with Crippen LogP contribution in [0, 0.1) is 0 Å². The Morgan fingerprint density at radius 3 is 2.78 bits per heavy atom. The van der Waals surface area contributed by atoms with Gasteiger partial charge in [-0.3, -0.25) is 4.79 Å². The molecule has 0 aliphatic rings. The maximum Gasteiger partial charge on any atom is 0.434 e. The van der Waals surface area contributed by atoms with Gasteiger partial charge in [0, 0.05) is 18.7 Å². The van der Waals surface area contributed by atoms with Crippen molar-refractivity contribution in [3.05, 3.63) is 46.7 Å². The SMILES string of the molecule is COCCNC(=O)c1cnn(-c2cccc(Cl)c2)c1C(F)(F)F. The van der Waals surface area contributed by atoms with Gasteiger partial charge in [-0.15, -0.1) is 0 Å². The maximum absolute atomic E-state index is 13.4. The molecule has 124 valence electrons. The Hall–Kier alpha value is -2.06. The summed E-state index contributed by atoms with van der Waals surface area (Å²) in [5, 5.41) is 6.30. The smallest absolute Gasteiger partial charge is 0.383 e. The Kier molecular flexibility index (Phi) is 5.27. The fraction of sp³-hybridized carbons (Fsp3) is 0.286. The predicted molar refractivity (Wildman–Crippen MR) is 77.8 cm³/mol. The van der Waals surface area contributed by atoms with Gasteiger partial charge in [0.1, 0.15) is 0 Å². The molecule has 1 amide bonds. The van der Waals surface area contributed by atoms with Crippen molar-refractivity contribution in [1.29, 1.82) is 0 Å². The third-order valence-electron chi connectivity index (χ3n) is 2.93. The van der Waals surface area contributed by atoms with Crippen molar-refractivity contribution in [2.45, 2.75) is 6.18 Å². The molecule has 1 heterocycles. The minimum absolute atomic E-state index is 0.0922. The normalized spacial score (nSPS) is 11.5. The largest absolute Gasteiger partial charge is 0.434 e. The van der Waals surface area contributed by atoms with E-state index in [0.29, 0.717) is 4.68 Å². The molecular weight excluding hydrogens is 335 g/mol. The van der Waals surface area contributed by atoms with Crippen molar-refractivity contribution in [1.82, 2.24) is 15.1 Å². The molecule has 0 fully saturated rings.